The van der Waals surface area contributed by atoms with Crippen molar-refractivity contribution in [2.45, 2.75) is 83.4 Å². The lowest BCUT2D eigenvalue weighted by Gasteiger charge is -2.48. The highest BCUT2D eigenvalue weighted by Crippen LogP contribution is 2.42. The maximum absolute atomic E-state index is 13.1. The molecule has 2 aromatic heterocycles. The topological polar surface area (TPSA) is 153 Å². The number of phenolic OH excluding ortho intramolecular Hbond substituents is 1. The van der Waals surface area contributed by atoms with Gasteiger partial charge in [0.15, 0.2) is 13.9 Å². The Kier molecular flexibility index (Phi) is 12.2. The summed E-state index contributed by atoms with van der Waals surface area (Å²) in [5, 5.41) is 25.4. The smallest absolute Gasteiger partial charge is 0.419 e. The van der Waals surface area contributed by atoms with Gasteiger partial charge < -0.3 is 34.3 Å². The third-order valence-corrected chi connectivity index (χ3v) is 17.7. The van der Waals surface area contributed by atoms with E-state index in [2.05, 4.69) is 55.1 Å². The monoisotopic (exact) mass is 855 g/mol. The van der Waals surface area contributed by atoms with E-state index in [1.165, 1.54) is 6.07 Å². The van der Waals surface area contributed by atoms with Crippen molar-refractivity contribution in [1.82, 2.24) is 19.8 Å². The van der Waals surface area contributed by atoms with Crippen molar-refractivity contribution in [3.63, 3.8) is 0 Å². The number of nitrogens with one attached hydrogen (secondary N) is 2. The number of rotatable bonds is 14. The molecule has 1 amide bonds. The number of hydrogen-bond acceptors (Lipinski definition) is 8. The number of fused-ring (bicyclic) bond motifs is 5. The van der Waals surface area contributed by atoms with E-state index in [1.807, 2.05) is 78.9 Å². The van der Waals surface area contributed by atoms with Crippen LogP contribution in [-0.4, -0.2) is 71.3 Å². The standard InChI is InChI=1S/C49H57N5O7Si/c1-49(2,3)62(4,5)61-44(36-16-20-42(55)46-37(36)17-21-45(56)51-46)30-50-29-33-15-19-40-43(28-33)60-48(59)53(40)24-10-9-11-32-14-18-39(38(27-32)34-12-7-6-8-13-34)54(47(57)58)41-31-52-25-22-35(41)23-26-52/h6-9,11-21,27-28,35,41,44,50,55H,10,22-26,29-31H2,1-5H3,(H,51,56)(H,57,58)/t41-,44-/m0/s1. The number of phenols is 1. The van der Waals surface area contributed by atoms with Gasteiger partial charge in [-0.3, -0.25) is 14.3 Å². The van der Waals surface area contributed by atoms with Crippen LogP contribution >= 0.6 is 0 Å². The lowest BCUT2D eigenvalue weighted by molar-refractivity contribution is 0.0838. The number of H-pyrrole nitrogens is 1. The Balaban J connectivity index is 0.960. The highest BCUT2D eigenvalue weighted by atomic mass is 28.4. The molecule has 4 N–H and O–H groups in total. The maximum atomic E-state index is 13.1. The molecular formula is C49H57N5O7Si. The van der Waals surface area contributed by atoms with Crippen LogP contribution in [0.5, 0.6) is 5.75 Å². The number of oxazole rings is 1. The molecule has 0 unspecified atom stereocenters. The summed E-state index contributed by atoms with van der Waals surface area (Å²) in [5.74, 6) is -0.0634. The first kappa shape index (κ1) is 42.9. The molecule has 0 saturated carbocycles. The Morgan fingerprint density at radius 2 is 1.79 bits per heavy atom. The average molecular weight is 856 g/mol. The second-order valence-corrected chi connectivity index (χ2v) is 23.1. The fraction of sp³-hybridized carbons (Fsp3) is 0.367. The lowest BCUT2D eigenvalue weighted by atomic mass is 9.82. The van der Waals surface area contributed by atoms with Crippen LogP contribution in [0.1, 0.15) is 62.8 Å². The quantitative estimate of drug-likeness (QED) is 0.0786. The minimum absolute atomic E-state index is 0.00552. The van der Waals surface area contributed by atoms with Gasteiger partial charge in [-0.15, -0.1) is 0 Å². The molecule has 4 aromatic carbocycles. The van der Waals surface area contributed by atoms with Crippen LogP contribution in [0, 0.1) is 5.92 Å². The van der Waals surface area contributed by atoms with E-state index < -0.39 is 20.2 Å². The van der Waals surface area contributed by atoms with Crippen LogP contribution in [0.4, 0.5) is 10.5 Å². The minimum atomic E-state index is -2.25. The van der Waals surface area contributed by atoms with Crippen LogP contribution in [0.3, 0.4) is 0 Å². The number of anilines is 1. The van der Waals surface area contributed by atoms with Gasteiger partial charge in [0.05, 0.1) is 28.9 Å². The van der Waals surface area contributed by atoms with E-state index in [0.29, 0.717) is 54.3 Å². The summed E-state index contributed by atoms with van der Waals surface area (Å²) in [6.07, 6.45) is 5.39. The van der Waals surface area contributed by atoms with Crippen LogP contribution in [0.25, 0.3) is 39.2 Å². The zero-order valence-corrected chi connectivity index (χ0v) is 37.2. The Bertz CT molecular complexity index is 2730. The fourth-order valence-corrected chi connectivity index (χ4v) is 10.1. The first-order valence-corrected chi connectivity index (χ1v) is 24.5. The van der Waals surface area contributed by atoms with E-state index in [9.17, 15) is 24.6 Å². The summed E-state index contributed by atoms with van der Waals surface area (Å²) in [6, 6.07) is 28.3. The van der Waals surface area contributed by atoms with E-state index in [4.69, 9.17) is 8.84 Å². The van der Waals surface area contributed by atoms with E-state index in [1.54, 1.807) is 21.6 Å². The molecule has 324 valence electrons. The molecular weight excluding hydrogens is 799 g/mol. The number of benzene rings is 4. The number of carboxylic acid groups (broad SMARTS) is 1. The third-order valence-electron chi connectivity index (χ3n) is 13.2. The largest absolute Gasteiger partial charge is 0.506 e. The van der Waals surface area contributed by atoms with Crippen LogP contribution < -0.4 is 21.5 Å². The average Bonchev–Trinajstić information content (AvgIpc) is 3.56. The first-order valence-electron chi connectivity index (χ1n) is 21.6. The van der Waals surface area contributed by atoms with Crippen LogP contribution in [0.2, 0.25) is 18.1 Å². The molecule has 62 heavy (non-hydrogen) atoms. The van der Waals surface area contributed by atoms with Gasteiger partial charge in [0, 0.05) is 43.2 Å². The molecule has 0 radical (unpaired) electrons. The molecule has 5 heterocycles. The van der Waals surface area contributed by atoms with E-state index >= 15 is 0 Å². The first-order chi connectivity index (χ1) is 29.7. The normalized spacial score (nSPS) is 18.5. The van der Waals surface area contributed by atoms with Gasteiger partial charge in [-0.25, -0.2) is 9.59 Å². The molecule has 3 aliphatic heterocycles. The Morgan fingerprint density at radius 3 is 2.50 bits per heavy atom. The predicted octanol–water partition coefficient (Wildman–Crippen LogP) is 9.34. The van der Waals surface area contributed by atoms with Crippen molar-refractivity contribution in [3.8, 4) is 16.9 Å². The molecule has 0 spiro atoms. The molecule has 3 saturated heterocycles. The molecule has 9 rings (SSSR count). The summed E-state index contributed by atoms with van der Waals surface area (Å²) in [6.45, 7) is 15.2. The second-order valence-electron chi connectivity index (χ2n) is 18.3. The van der Waals surface area contributed by atoms with Crippen LogP contribution in [-0.2, 0) is 17.5 Å². The number of carbonyl (C=O) groups is 1. The van der Waals surface area contributed by atoms with Crippen molar-refractivity contribution < 1.29 is 23.9 Å². The number of aromatic nitrogens is 2. The van der Waals surface area contributed by atoms with Crippen molar-refractivity contribution in [1.29, 1.82) is 0 Å². The molecule has 2 atom stereocenters. The number of aromatic amines is 1. The van der Waals surface area contributed by atoms with Crippen molar-refractivity contribution in [2.75, 3.05) is 31.1 Å². The zero-order chi connectivity index (χ0) is 43.8. The van der Waals surface area contributed by atoms with E-state index in [0.717, 1.165) is 65.7 Å². The van der Waals surface area contributed by atoms with Crippen molar-refractivity contribution in [3.05, 3.63) is 135 Å². The van der Waals surface area contributed by atoms with Crippen molar-refractivity contribution in [2.24, 2.45) is 5.92 Å². The Hall–Kier alpha value is -5.73. The number of allylic oxidation sites excluding steroid dienone is 1. The number of hydrogen-bond donors (Lipinski definition) is 4. The van der Waals surface area contributed by atoms with Gasteiger partial charge in [0.1, 0.15) is 5.75 Å². The number of aryl methyl sites for hydroxylation is 1. The zero-order valence-electron chi connectivity index (χ0n) is 36.2. The fourth-order valence-electron chi connectivity index (χ4n) is 8.86. The number of aromatic hydroxyl groups is 1. The highest BCUT2D eigenvalue weighted by Gasteiger charge is 2.41. The lowest BCUT2D eigenvalue weighted by Crippen LogP contribution is -2.58. The van der Waals surface area contributed by atoms with Crippen LogP contribution in [0.15, 0.2) is 111 Å². The van der Waals surface area contributed by atoms with Gasteiger partial charge in [-0.05, 0) is 115 Å². The summed E-state index contributed by atoms with van der Waals surface area (Å²) < 4.78 is 14.3. The molecule has 13 heteroatoms. The number of piperidine rings is 3. The molecule has 0 aliphatic carbocycles. The number of amides is 1. The number of nitrogens with zero attached hydrogens (tertiary/aromatic N) is 3. The van der Waals surface area contributed by atoms with Gasteiger partial charge in [-0.1, -0.05) is 81.5 Å². The molecule has 3 aliphatic rings. The van der Waals surface area contributed by atoms with Gasteiger partial charge in [0.2, 0.25) is 5.56 Å². The molecule has 12 nitrogen and oxygen atoms in total. The molecule has 3 fully saturated rings. The second kappa shape index (κ2) is 17.6. The SMILES string of the molecule is CC(C)(C)[Si](C)(C)O[C@@H](CNCc1ccc2c(c1)oc(=O)n2CCC=Cc1ccc(N(C(=O)O)[C@H]2CN3CCC2CC3)c(-c2ccccc2)c1)c1ccc(O)c2[nH]c(=O)ccc12. The summed E-state index contributed by atoms with van der Waals surface area (Å²) in [7, 11) is -2.25. The third kappa shape index (κ3) is 8.94. The van der Waals surface area contributed by atoms with Gasteiger partial charge in [-0.2, -0.15) is 0 Å². The number of pyridine rings is 1. The Morgan fingerprint density at radius 1 is 1.02 bits per heavy atom. The molecule has 6 aromatic rings. The predicted molar refractivity (Wildman–Crippen MR) is 248 cm³/mol. The summed E-state index contributed by atoms with van der Waals surface area (Å²) in [4.78, 5) is 44.9. The minimum Gasteiger partial charge on any atom is -0.506 e. The maximum Gasteiger partial charge on any atom is 0.419 e. The summed E-state index contributed by atoms with van der Waals surface area (Å²) in [5.41, 5.74) is 6.61. The van der Waals surface area contributed by atoms with Gasteiger partial charge >= 0.3 is 11.8 Å². The van der Waals surface area contributed by atoms with Crippen molar-refractivity contribution >= 4 is 48.2 Å². The molecule has 2 bridgehead atoms. The Labute approximate surface area is 362 Å². The highest BCUT2D eigenvalue weighted by molar-refractivity contribution is 6.74. The van der Waals surface area contributed by atoms with E-state index in [-0.39, 0.29) is 28.5 Å². The van der Waals surface area contributed by atoms with Gasteiger partial charge in [0.25, 0.3) is 0 Å². The summed E-state index contributed by atoms with van der Waals surface area (Å²) >= 11 is 0.